The van der Waals surface area contributed by atoms with E-state index in [4.69, 9.17) is 14.2 Å². The van der Waals surface area contributed by atoms with E-state index >= 15 is 0 Å². The fraction of sp³-hybridized carbons (Fsp3) is 0.250. The molecule has 4 heteroatoms. The summed E-state index contributed by atoms with van der Waals surface area (Å²) < 4.78 is 17.5. The standard InChI is InChI=1S/C24H22O4/c1-26-21-12-19-17(11-22(21)27-14-16-7-3-2-4-8-16)13-24(25)15-28-20-10-6-5-9-18(20)23(19)24/h2-12,23,25H,13-15H2,1H3/t23-,24+/m0/s1. The van der Waals surface area contributed by atoms with Crippen LogP contribution in [0.5, 0.6) is 17.2 Å². The highest BCUT2D eigenvalue weighted by Gasteiger charge is 2.50. The van der Waals surface area contributed by atoms with E-state index in [9.17, 15) is 5.11 Å². The van der Waals surface area contributed by atoms with Crippen molar-refractivity contribution in [2.75, 3.05) is 13.7 Å². The zero-order valence-corrected chi connectivity index (χ0v) is 15.7. The van der Waals surface area contributed by atoms with Crippen molar-refractivity contribution in [3.63, 3.8) is 0 Å². The summed E-state index contributed by atoms with van der Waals surface area (Å²) in [5, 5.41) is 11.3. The fourth-order valence-electron chi connectivity index (χ4n) is 4.41. The quantitative estimate of drug-likeness (QED) is 0.747. The summed E-state index contributed by atoms with van der Waals surface area (Å²) >= 11 is 0. The largest absolute Gasteiger partial charge is 0.493 e. The fourth-order valence-corrected chi connectivity index (χ4v) is 4.41. The summed E-state index contributed by atoms with van der Waals surface area (Å²) in [5.41, 5.74) is 3.34. The average Bonchev–Trinajstić information content (AvgIpc) is 3.03. The Bertz CT molecular complexity index is 1010. The van der Waals surface area contributed by atoms with Gasteiger partial charge in [-0.2, -0.15) is 0 Å². The highest BCUT2D eigenvalue weighted by molar-refractivity contribution is 5.58. The SMILES string of the molecule is COc1cc2c(cc1OCc1ccccc1)C[C@@]1(O)COc3ccccc3[C@@H]21. The monoisotopic (exact) mass is 374 g/mol. The van der Waals surface area contributed by atoms with Crippen LogP contribution in [-0.2, 0) is 13.0 Å². The van der Waals surface area contributed by atoms with Gasteiger partial charge in [-0.3, -0.25) is 0 Å². The number of hydrogen-bond acceptors (Lipinski definition) is 4. The van der Waals surface area contributed by atoms with Crippen molar-refractivity contribution >= 4 is 0 Å². The maximum atomic E-state index is 11.3. The molecule has 0 saturated heterocycles. The summed E-state index contributed by atoms with van der Waals surface area (Å²) in [5.74, 6) is 2.10. The number of ether oxygens (including phenoxy) is 3. The van der Waals surface area contributed by atoms with Crippen LogP contribution in [-0.4, -0.2) is 24.4 Å². The van der Waals surface area contributed by atoms with Gasteiger partial charge >= 0.3 is 0 Å². The van der Waals surface area contributed by atoms with Gasteiger partial charge in [0.1, 0.15) is 24.6 Å². The van der Waals surface area contributed by atoms with Gasteiger partial charge in [-0.05, 0) is 34.9 Å². The summed E-state index contributed by atoms with van der Waals surface area (Å²) in [6.45, 7) is 0.751. The normalized spacial score (nSPS) is 21.9. The third kappa shape index (κ3) is 2.72. The number of aliphatic hydroxyl groups is 1. The van der Waals surface area contributed by atoms with Crippen LogP contribution in [0, 0.1) is 0 Å². The lowest BCUT2D eigenvalue weighted by molar-refractivity contribution is -0.0217. The van der Waals surface area contributed by atoms with Crippen LogP contribution in [0.3, 0.4) is 0 Å². The summed E-state index contributed by atoms with van der Waals surface area (Å²) in [6.07, 6.45) is 0.535. The van der Waals surface area contributed by atoms with Crippen molar-refractivity contribution in [1.82, 2.24) is 0 Å². The molecule has 3 aromatic rings. The minimum atomic E-state index is -0.945. The minimum absolute atomic E-state index is 0.121. The van der Waals surface area contributed by atoms with E-state index < -0.39 is 5.60 Å². The molecule has 4 nitrogen and oxygen atoms in total. The van der Waals surface area contributed by atoms with Gasteiger partial charge < -0.3 is 19.3 Å². The second-order valence-electron chi connectivity index (χ2n) is 7.52. The van der Waals surface area contributed by atoms with E-state index in [1.807, 2.05) is 66.7 Å². The lowest BCUT2D eigenvalue weighted by Gasteiger charge is -2.36. The van der Waals surface area contributed by atoms with Crippen molar-refractivity contribution in [3.05, 3.63) is 89.0 Å². The van der Waals surface area contributed by atoms with Crippen LogP contribution >= 0.6 is 0 Å². The summed E-state index contributed by atoms with van der Waals surface area (Å²) in [6, 6.07) is 22.0. The number of benzene rings is 3. The van der Waals surface area contributed by atoms with Crippen LogP contribution < -0.4 is 14.2 Å². The molecule has 0 saturated carbocycles. The van der Waals surface area contributed by atoms with Gasteiger partial charge in [-0.25, -0.2) is 0 Å². The highest BCUT2D eigenvalue weighted by atomic mass is 16.5. The first-order valence-corrected chi connectivity index (χ1v) is 9.49. The lowest BCUT2D eigenvalue weighted by atomic mass is 9.80. The molecule has 1 aliphatic heterocycles. The first-order chi connectivity index (χ1) is 13.7. The second-order valence-corrected chi connectivity index (χ2v) is 7.52. The molecule has 5 rings (SSSR count). The number of methoxy groups -OCH3 is 1. The Kier molecular flexibility index (Phi) is 4.02. The molecule has 2 atom stereocenters. The molecule has 0 spiro atoms. The molecule has 0 aromatic heterocycles. The maximum absolute atomic E-state index is 11.3. The number of rotatable bonds is 4. The first-order valence-electron chi connectivity index (χ1n) is 9.49. The maximum Gasteiger partial charge on any atom is 0.161 e. The molecular weight excluding hydrogens is 352 g/mol. The van der Waals surface area contributed by atoms with Crippen molar-refractivity contribution in [1.29, 1.82) is 0 Å². The van der Waals surface area contributed by atoms with Crippen molar-refractivity contribution < 1.29 is 19.3 Å². The number of hydrogen-bond donors (Lipinski definition) is 1. The van der Waals surface area contributed by atoms with Crippen LogP contribution in [0.2, 0.25) is 0 Å². The van der Waals surface area contributed by atoms with Crippen molar-refractivity contribution in [2.24, 2.45) is 0 Å². The molecular formula is C24H22O4. The number of fused-ring (bicyclic) bond motifs is 5. The van der Waals surface area contributed by atoms with Crippen LogP contribution in [0.25, 0.3) is 0 Å². The molecule has 1 N–H and O–H groups in total. The van der Waals surface area contributed by atoms with Gasteiger partial charge in [-0.1, -0.05) is 48.5 Å². The van der Waals surface area contributed by atoms with Crippen LogP contribution in [0.1, 0.15) is 28.2 Å². The van der Waals surface area contributed by atoms with Crippen LogP contribution in [0.4, 0.5) is 0 Å². The average molecular weight is 374 g/mol. The van der Waals surface area contributed by atoms with Crippen molar-refractivity contribution in [2.45, 2.75) is 24.5 Å². The van der Waals surface area contributed by atoms with E-state index in [0.29, 0.717) is 24.5 Å². The molecule has 0 bridgehead atoms. The third-order valence-corrected chi connectivity index (χ3v) is 5.72. The highest BCUT2D eigenvalue weighted by Crippen LogP contribution is 2.52. The Labute approximate surface area is 164 Å². The Hall–Kier alpha value is -2.98. The van der Waals surface area contributed by atoms with Gasteiger partial charge in [0.05, 0.1) is 7.11 Å². The third-order valence-electron chi connectivity index (χ3n) is 5.72. The first kappa shape index (κ1) is 17.1. The summed E-state index contributed by atoms with van der Waals surface area (Å²) in [4.78, 5) is 0. The molecule has 0 radical (unpaired) electrons. The van der Waals surface area contributed by atoms with Crippen molar-refractivity contribution in [3.8, 4) is 17.2 Å². The molecule has 1 heterocycles. The van der Waals surface area contributed by atoms with Gasteiger partial charge in [-0.15, -0.1) is 0 Å². The second kappa shape index (κ2) is 6.57. The topological polar surface area (TPSA) is 47.9 Å². The zero-order chi connectivity index (χ0) is 19.1. The Morgan fingerprint density at radius 3 is 2.61 bits per heavy atom. The molecule has 2 aliphatic rings. The Balaban J connectivity index is 1.52. The molecule has 0 amide bonds. The zero-order valence-electron chi connectivity index (χ0n) is 15.7. The van der Waals surface area contributed by atoms with Gasteiger partial charge in [0.2, 0.25) is 0 Å². The van der Waals surface area contributed by atoms with E-state index in [0.717, 1.165) is 28.0 Å². The predicted octanol–water partition coefficient (Wildman–Crippen LogP) is 4.09. The molecule has 3 aromatic carbocycles. The molecule has 28 heavy (non-hydrogen) atoms. The van der Waals surface area contributed by atoms with E-state index in [-0.39, 0.29) is 12.5 Å². The lowest BCUT2D eigenvalue weighted by Crippen LogP contribution is -2.43. The molecule has 0 fully saturated rings. The predicted molar refractivity (Wildman–Crippen MR) is 106 cm³/mol. The van der Waals surface area contributed by atoms with E-state index in [2.05, 4.69) is 0 Å². The minimum Gasteiger partial charge on any atom is -0.493 e. The summed E-state index contributed by atoms with van der Waals surface area (Å²) in [7, 11) is 1.65. The molecule has 0 unspecified atom stereocenters. The molecule has 1 aliphatic carbocycles. The van der Waals surface area contributed by atoms with Crippen LogP contribution in [0.15, 0.2) is 66.7 Å². The Morgan fingerprint density at radius 2 is 1.79 bits per heavy atom. The van der Waals surface area contributed by atoms with E-state index in [1.54, 1.807) is 7.11 Å². The molecule has 142 valence electrons. The Morgan fingerprint density at radius 1 is 1.00 bits per heavy atom. The smallest absolute Gasteiger partial charge is 0.161 e. The van der Waals surface area contributed by atoms with Gasteiger partial charge in [0.15, 0.2) is 11.5 Å². The number of para-hydroxylation sites is 1. The van der Waals surface area contributed by atoms with Gasteiger partial charge in [0, 0.05) is 17.9 Å². The van der Waals surface area contributed by atoms with E-state index in [1.165, 1.54) is 0 Å². The van der Waals surface area contributed by atoms with Gasteiger partial charge in [0.25, 0.3) is 0 Å².